The number of oxazole rings is 1. The molecule has 8 nitrogen and oxygen atoms in total. The number of anilines is 2. The number of aromatic nitrogens is 5. The SMILES string of the molecule is Cn1cnc2ncnc(N3CCN(c4nc5ccc(F)cc5o4)CC3)c21. The van der Waals surface area contributed by atoms with E-state index in [1.165, 1.54) is 12.1 Å². The van der Waals surface area contributed by atoms with Crippen molar-refractivity contribution in [3.8, 4) is 0 Å². The molecular formula is C17H16FN7O. The Morgan fingerprint density at radius 2 is 1.85 bits per heavy atom. The van der Waals surface area contributed by atoms with E-state index in [0.717, 1.165) is 37.5 Å². The van der Waals surface area contributed by atoms with Crippen LogP contribution < -0.4 is 9.80 Å². The van der Waals surface area contributed by atoms with Crippen molar-refractivity contribution in [2.24, 2.45) is 7.05 Å². The minimum absolute atomic E-state index is 0.325. The molecule has 1 saturated heterocycles. The summed E-state index contributed by atoms with van der Waals surface area (Å²) in [5.41, 5.74) is 2.75. The van der Waals surface area contributed by atoms with Gasteiger partial charge in [-0.2, -0.15) is 4.98 Å². The first-order valence-electron chi connectivity index (χ1n) is 8.37. The number of hydrogen-bond donors (Lipinski definition) is 0. The highest BCUT2D eigenvalue weighted by atomic mass is 19.1. The van der Waals surface area contributed by atoms with Gasteiger partial charge >= 0.3 is 0 Å². The van der Waals surface area contributed by atoms with Gasteiger partial charge in [-0.3, -0.25) is 0 Å². The number of rotatable bonds is 2. The fraction of sp³-hybridized carbons (Fsp3) is 0.294. The topological polar surface area (TPSA) is 76.1 Å². The molecule has 0 spiro atoms. The van der Waals surface area contributed by atoms with Crippen LogP contribution in [0.2, 0.25) is 0 Å². The van der Waals surface area contributed by atoms with E-state index in [4.69, 9.17) is 4.42 Å². The zero-order valence-corrected chi connectivity index (χ0v) is 14.1. The van der Waals surface area contributed by atoms with E-state index in [0.29, 0.717) is 22.8 Å². The van der Waals surface area contributed by atoms with Gasteiger partial charge in [0.15, 0.2) is 17.0 Å². The summed E-state index contributed by atoms with van der Waals surface area (Å²) in [5.74, 6) is 0.559. The van der Waals surface area contributed by atoms with Gasteiger partial charge in [-0.05, 0) is 12.1 Å². The first-order chi connectivity index (χ1) is 12.7. The lowest BCUT2D eigenvalue weighted by atomic mass is 10.3. The van der Waals surface area contributed by atoms with Crippen molar-refractivity contribution >= 4 is 34.1 Å². The fourth-order valence-corrected chi connectivity index (χ4v) is 3.33. The van der Waals surface area contributed by atoms with Crippen LogP contribution in [-0.4, -0.2) is 50.7 Å². The number of fused-ring (bicyclic) bond motifs is 2. The van der Waals surface area contributed by atoms with E-state index in [1.54, 1.807) is 18.7 Å². The lowest BCUT2D eigenvalue weighted by Crippen LogP contribution is -2.47. The summed E-state index contributed by atoms with van der Waals surface area (Å²) in [6, 6.07) is 4.91. The number of halogens is 1. The second-order valence-corrected chi connectivity index (χ2v) is 6.31. The maximum absolute atomic E-state index is 13.3. The Morgan fingerprint density at radius 3 is 2.69 bits per heavy atom. The lowest BCUT2D eigenvalue weighted by Gasteiger charge is -2.34. The van der Waals surface area contributed by atoms with Crippen LogP contribution in [0.5, 0.6) is 0 Å². The molecule has 3 aromatic heterocycles. The molecule has 0 N–H and O–H groups in total. The van der Waals surface area contributed by atoms with Gasteiger partial charge in [0.1, 0.15) is 23.2 Å². The van der Waals surface area contributed by atoms with Gasteiger partial charge in [0.2, 0.25) is 0 Å². The van der Waals surface area contributed by atoms with Gasteiger partial charge < -0.3 is 18.8 Å². The smallest absolute Gasteiger partial charge is 0.298 e. The fourth-order valence-electron chi connectivity index (χ4n) is 3.33. The van der Waals surface area contributed by atoms with Gasteiger partial charge in [0, 0.05) is 39.3 Å². The molecule has 4 aromatic rings. The van der Waals surface area contributed by atoms with Gasteiger partial charge in [-0.1, -0.05) is 0 Å². The molecule has 0 radical (unpaired) electrons. The quantitative estimate of drug-likeness (QED) is 0.545. The monoisotopic (exact) mass is 353 g/mol. The zero-order chi connectivity index (χ0) is 17.7. The van der Waals surface area contributed by atoms with Crippen LogP contribution in [0.3, 0.4) is 0 Å². The van der Waals surface area contributed by atoms with Crippen LogP contribution in [0.1, 0.15) is 0 Å². The molecule has 0 bridgehead atoms. The van der Waals surface area contributed by atoms with Gasteiger partial charge in [-0.15, -0.1) is 0 Å². The Balaban J connectivity index is 1.39. The Hall–Kier alpha value is -3.23. The predicted octanol–water partition coefficient (Wildman–Crippen LogP) is 1.97. The molecule has 0 saturated carbocycles. The minimum atomic E-state index is -0.325. The molecule has 1 aliphatic heterocycles. The van der Waals surface area contributed by atoms with Crippen molar-refractivity contribution in [2.45, 2.75) is 0 Å². The van der Waals surface area contributed by atoms with Crippen LogP contribution >= 0.6 is 0 Å². The van der Waals surface area contributed by atoms with Crippen LogP contribution in [0, 0.1) is 5.82 Å². The normalized spacial score (nSPS) is 15.3. The first kappa shape index (κ1) is 15.1. The molecule has 1 fully saturated rings. The molecule has 4 heterocycles. The second-order valence-electron chi connectivity index (χ2n) is 6.31. The summed E-state index contributed by atoms with van der Waals surface area (Å²) in [6.45, 7) is 3.01. The number of aryl methyl sites for hydroxylation is 1. The van der Waals surface area contributed by atoms with Crippen LogP contribution in [-0.2, 0) is 7.05 Å². The number of nitrogens with zero attached hydrogens (tertiary/aromatic N) is 7. The molecule has 0 amide bonds. The summed E-state index contributed by atoms with van der Waals surface area (Å²) in [6.07, 6.45) is 3.29. The molecule has 0 unspecified atom stereocenters. The third kappa shape index (κ3) is 2.35. The Kier molecular flexibility index (Phi) is 3.27. The Labute approximate surface area is 147 Å². The van der Waals surface area contributed by atoms with E-state index >= 15 is 0 Å². The number of hydrogen-bond acceptors (Lipinski definition) is 7. The van der Waals surface area contributed by atoms with Crippen molar-refractivity contribution in [1.29, 1.82) is 0 Å². The molecule has 0 atom stereocenters. The summed E-state index contributed by atoms with van der Waals surface area (Å²) >= 11 is 0. The van der Waals surface area contributed by atoms with E-state index in [2.05, 4.69) is 29.7 Å². The van der Waals surface area contributed by atoms with Gasteiger partial charge in [-0.25, -0.2) is 19.3 Å². The summed E-state index contributed by atoms with van der Waals surface area (Å²) in [7, 11) is 1.94. The van der Waals surface area contributed by atoms with Crippen molar-refractivity contribution in [2.75, 3.05) is 36.0 Å². The van der Waals surface area contributed by atoms with Crippen molar-refractivity contribution in [1.82, 2.24) is 24.5 Å². The summed E-state index contributed by atoms with van der Waals surface area (Å²) < 4.78 is 21.0. The van der Waals surface area contributed by atoms with Crippen molar-refractivity contribution in [3.05, 3.63) is 36.7 Å². The molecule has 9 heteroatoms. The average Bonchev–Trinajstić information content (AvgIpc) is 3.25. The summed E-state index contributed by atoms with van der Waals surface area (Å²) in [5, 5.41) is 0. The van der Waals surface area contributed by atoms with Crippen LogP contribution in [0.4, 0.5) is 16.2 Å². The minimum Gasteiger partial charge on any atom is -0.423 e. The van der Waals surface area contributed by atoms with E-state index in [9.17, 15) is 4.39 Å². The highest BCUT2D eigenvalue weighted by molar-refractivity contribution is 5.83. The highest BCUT2D eigenvalue weighted by Gasteiger charge is 2.24. The standard InChI is InChI=1S/C17H16FN7O/c1-23-10-21-15-14(23)16(20-9-19-15)24-4-6-25(7-5-24)17-22-12-3-2-11(18)8-13(12)26-17/h2-3,8-10H,4-7H2,1H3. The molecular weight excluding hydrogens is 337 g/mol. The third-order valence-corrected chi connectivity index (χ3v) is 4.68. The molecule has 1 aliphatic rings. The van der Waals surface area contributed by atoms with Crippen molar-refractivity contribution < 1.29 is 8.81 Å². The van der Waals surface area contributed by atoms with Gasteiger partial charge in [0.05, 0.1) is 6.33 Å². The molecule has 0 aliphatic carbocycles. The largest absolute Gasteiger partial charge is 0.423 e. The maximum Gasteiger partial charge on any atom is 0.298 e. The predicted molar refractivity (Wildman–Crippen MR) is 94.7 cm³/mol. The van der Waals surface area contributed by atoms with E-state index in [1.807, 2.05) is 11.6 Å². The Bertz CT molecular complexity index is 1100. The Morgan fingerprint density at radius 1 is 1.04 bits per heavy atom. The average molecular weight is 353 g/mol. The van der Waals surface area contributed by atoms with Crippen molar-refractivity contribution in [3.63, 3.8) is 0 Å². The lowest BCUT2D eigenvalue weighted by molar-refractivity contribution is 0.538. The van der Waals surface area contributed by atoms with E-state index < -0.39 is 0 Å². The second kappa shape index (κ2) is 5.65. The van der Waals surface area contributed by atoms with Crippen LogP contribution in [0.25, 0.3) is 22.3 Å². The molecule has 26 heavy (non-hydrogen) atoms. The number of benzene rings is 1. The maximum atomic E-state index is 13.3. The number of piperazine rings is 1. The molecule has 132 valence electrons. The van der Waals surface area contributed by atoms with Crippen LogP contribution in [0.15, 0.2) is 35.3 Å². The third-order valence-electron chi connectivity index (χ3n) is 4.68. The number of imidazole rings is 1. The highest BCUT2D eigenvalue weighted by Crippen LogP contribution is 2.26. The van der Waals surface area contributed by atoms with Gasteiger partial charge in [0.25, 0.3) is 6.01 Å². The zero-order valence-electron chi connectivity index (χ0n) is 14.1. The molecule has 5 rings (SSSR count). The summed E-state index contributed by atoms with van der Waals surface area (Å²) in [4.78, 5) is 21.7. The van der Waals surface area contributed by atoms with E-state index in [-0.39, 0.29) is 5.82 Å². The first-order valence-corrected chi connectivity index (χ1v) is 8.37. The molecule has 1 aromatic carbocycles.